The highest BCUT2D eigenvalue weighted by Gasteiger charge is 2.17. The Morgan fingerprint density at radius 1 is 1.53 bits per heavy atom. The van der Waals surface area contributed by atoms with Crippen molar-refractivity contribution in [2.75, 3.05) is 13.1 Å². The highest BCUT2D eigenvalue weighted by atomic mass is 79.9. The normalized spacial score (nSPS) is 17.2. The minimum absolute atomic E-state index is 0.0247. The second kappa shape index (κ2) is 4.49. The molecule has 0 aliphatic carbocycles. The van der Waals surface area contributed by atoms with Gasteiger partial charge < -0.3 is 4.42 Å². The maximum Gasteiger partial charge on any atom is 0.194 e. The lowest BCUT2D eigenvalue weighted by Crippen LogP contribution is -2.18. The molecule has 0 bridgehead atoms. The summed E-state index contributed by atoms with van der Waals surface area (Å²) in [5.41, 5.74) is 1.07. The molecule has 1 aromatic heterocycles. The third kappa shape index (κ3) is 2.49. The molecule has 1 aliphatic rings. The molecule has 82 valence electrons. The highest BCUT2D eigenvalue weighted by Crippen LogP contribution is 2.24. The molecule has 0 aromatic carbocycles. The van der Waals surface area contributed by atoms with Crippen molar-refractivity contribution in [3.05, 3.63) is 22.1 Å². The summed E-state index contributed by atoms with van der Waals surface area (Å²) in [6.07, 6.45) is 2.55. The van der Waals surface area contributed by atoms with Gasteiger partial charge >= 0.3 is 0 Å². The number of likely N-dealkylation sites (tertiary alicyclic amines) is 1. The minimum atomic E-state index is -0.0247. The SMILES string of the molecule is CC(=O)c1cc(CN2CCCC2)c(Br)o1. The van der Waals surface area contributed by atoms with Crippen molar-refractivity contribution >= 4 is 21.7 Å². The summed E-state index contributed by atoms with van der Waals surface area (Å²) in [5.74, 6) is 0.416. The zero-order chi connectivity index (χ0) is 10.8. The second-order valence-corrected chi connectivity index (χ2v) is 4.67. The van der Waals surface area contributed by atoms with E-state index in [1.165, 1.54) is 19.8 Å². The number of halogens is 1. The van der Waals surface area contributed by atoms with Crippen LogP contribution < -0.4 is 0 Å². The van der Waals surface area contributed by atoms with Gasteiger partial charge in [-0.05, 0) is 47.9 Å². The largest absolute Gasteiger partial charge is 0.446 e. The number of hydrogen-bond donors (Lipinski definition) is 0. The van der Waals surface area contributed by atoms with Gasteiger partial charge in [-0.2, -0.15) is 0 Å². The number of carbonyl (C=O) groups excluding carboxylic acids is 1. The molecule has 0 spiro atoms. The molecule has 0 saturated carbocycles. The van der Waals surface area contributed by atoms with Crippen LogP contribution in [0.15, 0.2) is 15.2 Å². The van der Waals surface area contributed by atoms with Crippen molar-refractivity contribution in [3.63, 3.8) is 0 Å². The average Bonchev–Trinajstić information content (AvgIpc) is 2.77. The van der Waals surface area contributed by atoms with E-state index in [2.05, 4.69) is 20.8 Å². The van der Waals surface area contributed by atoms with Crippen molar-refractivity contribution in [3.8, 4) is 0 Å². The smallest absolute Gasteiger partial charge is 0.194 e. The molecule has 2 heterocycles. The fraction of sp³-hybridized carbons (Fsp3) is 0.545. The summed E-state index contributed by atoms with van der Waals surface area (Å²) in [5, 5.41) is 0. The minimum Gasteiger partial charge on any atom is -0.446 e. The Morgan fingerprint density at radius 3 is 2.73 bits per heavy atom. The molecule has 1 fully saturated rings. The monoisotopic (exact) mass is 271 g/mol. The van der Waals surface area contributed by atoms with Crippen LogP contribution in [0.3, 0.4) is 0 Å². The Morgan fingerprint density at radius 2 is 2.20 bits per heavy atom. The van der Waals surface area contributed by atoms with Gasteiger partial charge in [-0.15, -0.1) is 0 Å². The molecule has 0 N–H and O–H groups in total. The Hall–Kier alpha value is -0.610. The lowest BCUT2D eigenvalue weighted by molar-refractivity contribution is 0.0986. The molecule has 0 atom stereocenters. The lowest BCUT2D eigenvalue weighted by atomic mass is 10.2. The first-order valence-electron chi connectivity index (χ1n) is 5.18. The van der Waals surface area contributed by atoms with E-state index in [1.807, 2.05) is 6.07 Å². The van der Waals surface area contributed by atoms with E-state index in [0.29, 0.717) is 10.4 Å². The van der Waals surface area contributed by atoms with Crippen molar-refractivity contribution in [2.24, 2.45) is 0 Å². The zero-order valence-corrected chi connectivity index (χ0v) is 10.3. The quantitative estimate of drug-likeness (QED) is 0.793. The van der Waals surface area contributed by atoms with E-state index in [9.17, 15) is 4.79 Å². The van der Waals surface area contributed by atoms with Crippen LogP contribution >= 0.6 is 15.9 Å². The van der Waals surface area contributed by atoms with Gasteiger partial charge in [0.1, 0.15) is 0 Å². The Kier molecular flexibility index (Phi) is 3.26. The average molecular weight is 272 g/mol. The topological polar surface area (TPSA) is 33.5 Å². The predicted molar refractivity (Wildman–Crippen MR) is 60.9 cm³/mol. The van der Waals surface area contributed by atoms with Crippen LogP contribution in [0.4, 0.5) is 0 Å². The van der Waals surface area contributed by atoms with Crippen molar-refractivity contribution in [1.29, 1.82) is 0 Å². The molecule has 0 radical (unpaired) electrons. The number of ketones is 1. The third-order valence-electron chi connectivity index (χ3n) is 2.70. The number of furan rings is 1. The zero-order valence-electron chi connectivity index (χ0n) is 8.75. The van der Waals surface area contributed by atoms with Crippen LogP contribution in [-0.4, -0.2) is 23.8 Å². The third-order valence-corrected chi connectivity index (χ3v) is 3.37. The first kappa shape index (κ1) is 10.9. The fourth-order valence-corrected chi connectivity index (χ4v) is 2.28. The van der Waals surface area contributed by atoms with E-state index in [0.717, 1.165) is 25.2 Å². The molecule has 1 aromatic rings. The van der Waals surface area contributed by atoms with Gasteiger partial charge in [0.15, 0.2) is 16.2 Å². The molecule has 2 rings (SSSR count). The van der Waals surface area contributed by atoms with Gasteiger partial charge in [0.05, 0.1) is 0 Å². The molecule has 0 amide bonds. The Bertz CT molecular complexity index is 367. The number of hydrogen-bond acceptors (Lipinski definition) is 3. The van der Waals surface area contributed by atoms with Crippen LogP contribution in [0.5, 0.6) is 0 Å². The van der Waals surface area contributed by atoms with Gasteiger partial charge in [0.25, 0.3) is 0 Å². The van der Waals surface area contributed by atoms with Crippen LogP contribution in [0.2, 0.25) is 0 Å². The van der Waals surface area contributed by atoms with Crippen LogP contribution in [0, 0.1) is 0 Å². The Balaban J connectivity index is 2.10. The van der Waals surface area contributed by atoms with E-state index in [-0.39, 0.29) is 5.78 Å². The number of rotatable bonds is 3. The number of Topliss-reactive ketones (excluding diaryl/α,β-unsaturated/α-hetero) is 1. The van der Waals surface area contributed by atoms with Gasteiger partial charge in [-0.3, -0.25) is 9.69 Å². The second-order valence-electron chi connectivity index (χ2n) is 3.95. The lowest BCUT2D eigenvalue weighted by Gasteiger charge is -2.12. The molecule has 0 unspecified atom stereocenters. The maximum absolute atomic E-state index is 11.1. The van der Waals surface area contributed by atoms with Crippen LogP contribution in [0.25, 0.3) is 0 Å². The van der Waals surface area contributed by atoms with E-state index in [1.54, 1.807) is 0 Å². The Labute approximate surface area is 97.6 Å². The van der Waals surface area contributed by atoms with E-state index < -0.39 is 0 Å². The van der Waals surface area contributed by atoms with Gasteiger partial charge in [-0.1, -0.05) is 0 Å². The van der Waals surface area contributed by atoms with Crippen molar-refractivity contribution in [2.45, 2.75) is 26.3 Å². The molecule has 3 nitrogen and oxygen atoms in total. The maximum atomic E-state index is 11.1. The summed E-state index contributed by atoms with van der Waals surface area (Å²) in [6, 6.07) is 1.84. The van der Waals surface area contributed by atoms with Gasteiger partial charge in [-0.25, -0.2) is 0 Å². The van der Waals surface area contributed by atoms with Gasteiger partial charge in [0, 0.05) is 19.0 Å². The molecule has 15 heavy (non-hydrogen) atoms. The highest BCUT2D eigenvalue weighted by molar-refractivity contribution is 9.10. The molecule has 1 aliphatic heterocycles. The summed E-state index contributed by atoms with van der Waals surface area (Å²) in [6.45, 7) is 4.68. The van der Waals surface area contributed by atoms with E-state index in [4.69, 9.17) is 4.42 Å². The molecular formula is C11H14BrNO2. The van der Waals surface area contributed by atoms with Crippen molar-refractivity contribution < 1.29 is 9.21 Å². The van der Waals surface area contributed by atoms with Crippen LogP contribution in [-0.2, 0) is 6.54 Å². The first-order valence-corrected chi connectivity index (χ1v) is 5.97. The standard InChI is InChI=1S/C11H14BrNO2/c1-8(14)10-6-9(11(12)15-10)7-13-4-2-3-5-13/h6H,2-5,7H2,1H3. The molecule has 1 saturated heterocycles. The predicted octanol–water partition coefficient (Wildman–Crippen LogP) is 2.84. The summed E-state index contributed by atoms with van der Waals surface area (Å²) in [7, 11) is 0. The fourth-order valence-electron chi connectivity index (χ4n) is 1.87. The molecule has 4 heteroatoms. The number of nitrogens with zero attached hydrogens (tertiary/aromatic N) is 1. The number of carbonyl (C=O) groups is 1. The summed E-state index contributed by atoms with van der Waals surface area (Å²) >= 11 is 3.35. The summed E-state index contributed by atoms with van der Waals surface area (Å²) in [4.78, 5) is 13.5. The van der Waals surface area contributed by atoms with Crippen LogP contribution in [0.1, 0.15) is 35.9 Å². The summed E-state index contributed by atoms with van der Waals surface area (Å²) < 4.78 is 6.02. The van der Waals surface area contributed by atoms with E-state index >= 15 is 0 Å². The molecular weight excluding hydrogens is 258 g/mol. The van der Waals surface area contributed by atoms with Gasteiger partial charge in [0.2, 0.25) is 0 Å². The first-order chi connectivity index (χ1) is 7.16. The van der Waals surface area contributed by atoms with Crippen molar-refractivity contribution in [1.82, 2.24) is 4.90 Å².